The summed E-state index contributed by atoms with van der Waals surface area (Å²) in [6, 6.07) is 51.2. The highest BCUT2D eigenvalue weighted by molar-refractivity contribution is 7.03. The molecular weight excluding hydrogens is 645 g/mol. The van der Waals surface area contributed by atoms with Crippen LogP contribution in [0, 0.1) is 0 Å². The largest absolute Gasteiger partial charge is 0.311 e. The lowest BCUT2D eigenvalue weighted by Crippen LogP contribution is -2.58. The Bertz CT molecular complexity index is 2200. The van der Waals surface area contributed by atoms with Crippen molar-refractivity contribution >= 4 is 82.8 Å². The Morgan fingerprint density at radius 2 is 0.800 bits per heavy atom. The van der Waals surface area contributed by atoms with Crippen LogP contribution >= 0.6 is 0 Å². The van der Waals surface area contributed by atoms with Crippen molar-refractivity contribution in [1.29, 1.82) is 0 Å². The molecule has 0 aliphatic carbocycles. The summed E-state index contributed by atoms with van der Waals surface area (Å²) < 4.78 is 0. The molecule has 0 bridgehead atoms. The third kappa shape index (κ3) is 5.04. The first-order valence-electron chi connectivity index (χ1n) is 17.2. The quantitative estimate of drug-likeness (QED) is 0.118. The number of aliphatic imine (C=N–C) groups is 1. The fraction of sp³-hybridized carbons (Fsp3) is 0.116. The molecule has 1 amide bonds. The molecule has 8 rings (SSSR count). The van der Waals surface area contributed by atoms with E-state index in [1.807, 2.05) is 36.4 Å². The predicted octanol–water partition coefficient (Wildman–Crippen LogP) is 7.70. The molecule has 2 heterocycles. The molecule has 0 fully saturated rings. The highest BCUT2D eigenvalue weighted by Crippen LogP contribution is 2.39. The molecule has 0 unspecified atom stereocenters. The first-order valence-corrected chi connectivity index (χ1v) is 23.2. The van der Waals surface area contributed by atoms with Gasteiger partial charge in [0.1, 0.15) is 22.0 Å². The Morgan fingerprint density at radius 1 is 0.480 bits per heavy atom. The van der Waals surface area contributed by atoms with Gasteiger partial charge < -0.3 is 15.1 Å². The van der Waals surface area contributed by atoms with Gasteiger partial charge in [0.25, 0.3) is 5.91 Å². The van der Waals surface area contributed by atoms with Crippen molar-refractivity contribution in [3.05, 3.63) is 157 Å². The van der Waals surface area contributed by atoms with Crippen molar-refractivity contribution in [3.8, 4) is 0 Å². The zero-order valence-electron chi connectivity index (χ0n) is 29.1. The lowest BCUT2D eigenvalue weighted by atomic mass is 10.1. The van der Waals surface area contributed by atoms with Crippen molar-refractivity contribution in [2.45, 2.75) is 26.2 Å². The Kier molecular flexibility index (Phi) is 7.70. The van der Waals surface area contributed by atoms with E-state index in [1.165, 1.54) is 43.5 Å². The smallest absolute Gasteiger partial charge is 0.256 e. The third-order valence-electron chi connectivity index (χ3n) is 10.5. The summed E-state index contributed by atoms with van der Waals surface area (Å²) in [7, 11) is -2.00. The van der Waals surface area contributed by atoms with Crippen molar-refractivity contribution in [1.82, 2.24) is 5.32 Å². The van der Waals surface area contributed by atoms with Crippen LogP contribution < -0.4 is 35.9 Å². The van der Waals surface area contributed by atoms with E-state index in [-0.39, 0.29) is 5.91 Å². The molecule has 0 aromatic heterocycles. The molecule has 5 nitrogen and oxygen atoms in total. The van der Waals surface area contributed by atoms with Gasteiger partial charge in [-0.1, -0.05) is 99.0 Å². The topological polar surface area (TPSA) is 47.9 Å². The summed E-state index contributed by atoms with van der Waals surface area (Å²) in [5, 5.41) is 8.75. The van der Waals surface area contributed by atoms with Gasteiger partial charge in [0.2, 0.25) is 0 Å². The number of nitrogens with zero attached hydrogens (tertiary/aromatic N) is 3. The van der Waals surface area contributed by atoms with Gasteiger partial charge in [-0.2, -0.15) is 0 Å². The predicted molar refractivity (Wildman–Crippen MR) is 216 cm³/mol. The first kappa shape index (κ1) is 31.7. The molecule has 6 aromatic rings. The maximum atomic E-state index is 13.6. The highest BCUT2D eigenvalue weighted by Gasteiger charge is 2.39. The van der Waals surface area contributed by atoms with Crippen molar-refractivity contribution in [2.75, 3.05) is 16.8 Å². The summed E-state index contributed by atoms with van der Waals surface area (Å²) in [6.45, 7) is 9.70. The minimum Gasteiger partial charge on any atom is -0.311 e. The zero-order chi connectivity index (χ0) is 34.6. The summed E-state index contributed by atoms with van der Waals surface area (Å²) in [5.41, 5.74) is 8.42. The van der Waals surface area contributed by atoms with Gasteiger partial charge in [0.05, 0.1) is 0 Å². The summed E-state index contributed by atoms with van der Waals surface area (Å²) in [6.07, 6.45) is 0. The number of hydrogen-bond donors (Lipinski definition) is 1. The summed E-state index contributed by atoms with van der Waals surface area (Å²) in [5.74, 6) is 0.338. The lowest BCUT2D eigenvalue weighted by molar-refractivity contribution is 0.0977. The molecular formula is C43H40N4OSi2. The van der Waals surface area contributed by atoms with Crippen LogP contribution in [0.1, 0.15) is 15.9 Å². The van der Waals surface area contributed by atoms with Crippen LogP contribution in [0.2, 0.25) is 26.2 Å². The van der Waals surface area contributed by atoms with Crippen LogP contribution in [-0.4, -0.2) is 34.9 Å². The Balaban J connectivity index is 1.05. The second kappa shape index (κ2) is 12.1. The minimum absolute atomic E-state index is 0.194. The molecule has 0 spiro atoms. The fourth-order valence-corrected chi connectivity index (χ4v) is 13.8. The van der Waals surface area contributed by atoms with E-state index >= 15 is 0 Å². The standard InChI is InChI=1S/C43H40N4OSi2/c1-44-42(30-22-26-32(27-23-30)46-34-14-6-10-18-38(34)49(2,3)39-19-11-7-15-35(39)46)45-43(48)31-24-28-33(29-25-31)47-36-16-8-12-20-40(36)50(4,5)41-21-13-9-17-37(41)47/h6-29H,1-5H3,(H,44,45,48). The van der Waals surface area contributed by atoms with Gasteiger partial charge in [0.15, 0.2) is 0 Å². The van der Waals surface area contributed by atoms with Crippen LogP contribution in [0.15, 0.2) is 151 Å². The number of amides is 1. The molecule has 2 aliphatic heterocycles. The van der Waals surface area contributed by atoms with Gasteiger partial charge in [-0.05, 0) is 93.5 Å². The molecule has 246 valence electrons. The number of carbonyl (C=O) groups is 1. The number of hydrogen-bond acceptors (Lipinski definition) is 4. The number of nitrogens with one attached hydrogen (secondary N) is 1. The minimum atomic E-state index is -1.86. The molecule has 50 heavy (non-hydrogen) atoms. The van der Waals surface area contributed by atoms with Crippen LogP contribution in [-0.2, 0) is 0 Å². The van der Waals surface area contributed by atoms with E-state index in [0.717, 1.165) is 16.9 Å². The number of carbonyl (C=O) groups excluding carboxylic acids is 1. The Hall–Kier alpha value is -5.51. The summed E-state index contributed by atoms with van der Waals surface area (Å²) in [4.78, 5) is 22.8. The van der Waals surface area contributed by atoms with Crippen molar-refractivity contribution in [3.63, 3.8) is 0 Å². The molecule has 0 atom stereocenters. The van der Waals surface area contributed by atoms with Gasteiger partial charge in [-0.15, -0.1) is 0 Å². The second-order valence-corrected chi connectivity index (χ2v) is 22.8. The molecule has 6 aromatic carbocycles. The van der Waals surface area contributed by atoms with Crippen LogP contribution in [0.3, 0.4) is 0 Å². The average molecular weight is 685 g/mol. The van der Waals surface area contributed by atoms with E-state index in [1.54, 1.807) is 7.05 Å². The van der Waals surface area contributed by atoms with E-state index < -0.39 is 16.1 Å². The zero-order valence-corrected chi connectivity index (χ0v) is 31.1. The van der Waals surface area contributed by atoms with Crippen molar-refractivity contribution in [2.24, 2.45) is 4.99 Å². The van der Waals surface area contributed by atoms with E-state index in [0.29, 0.717) is 11.4 Å². The highest BCUT2D eigenvalue weighted by atomic mass is 28.3. The van der Waals surface area contributed by atoms with Crippen LogP contribution in [0.25, 0.3) is 0 Å². The average Bonchev–Trinajstić information content (AvgIpc) is 3.15. The van der Waals surface area contributed by atoms with Gasteiger partial charge in [0, 0.05) is 52.3 Å². The molecule has 2 aliphatic rings. The molecule has 7 heteroatoms. The van der Waals surface area contributed by atoms with Gasteiger partial charge >= 0.3 is 0 Å². The Labute approximate surface area is 296 Å². The van der Waals surface area contributed by atoms with Crippen molar-refractivity contribution < 1.29 is 4.79 Å². The number of anilines is 6. The Morgan fingerprint density at radius 3 is 1.14 bits per heavy atom. The second-order valence-electron chi connectivity index (χ2n) is 14.1. The van der Waals surface area contributed by atoms with E-state index in [9.17, 15) is 4.79 Å². The van der Waals surface area contributed by atoms with Gasteiger partial charge in [-0.3, -0.25) is 9.79 Å². The number of para-hydroxylation sites is 4. The molecule has 0 saturated heterocycles. The number of benzene rings is 6. The van der Waals surface area contributed by atoms with Crippen LogP contribution in [0.4, 0.5) is 34.1 Å². The SMILES string of the molecule is CN=C(NC(=O)c1ccc(N2c3ccccc3[Si](C)(C)c3ccccc32)cc1)c1ccc(N2c3ccccc3[Si](C)(C)c3ccccc32)cc1. The number of fused-ring (bicyclic) bond motifs is 4. The maximum absolute atomic E-state index is 13.6. The maximum Gasteiger partial charge on any atom is 0.256 e. The first-order chi connectivity index (χ1) is 24.2. The van der Waals surface area contributed by atoms with Crippen LogP contribution in [0.5, 0.6) is 0 Å². The van der Waals surface area contributed by atoms with E-state index in [2.05, 4.69) is 155 Å². The number of amidine groups is 1. The van der Waals surface area contributed by atoms with Gasteiger partial charge in [-0.25, -0.2) is 0 Å². The monoisotopic (exact) mass is 684 g/mol. The molecule has 1 N–H and O–H groups in total. The number of rotatable bonds is 4. The summed E-state index contributed by atoms with van der Waals surface area (Å²) >= 11 is 0. The van der Waals surface area contributed by atoms with E-state index in [4.69, 9.17) is 0 Å². The third-order valence-corrected chi connectivity index (χ3v) is 17.6. The molecule has 0 radical (unpaired) electrons. The molecule has 0 saturated carbocycles. The fourth-order valence-electron chi connectivity index (χ4n) is 7.86. The normalized spacial score (nSPS) is 15.3. The lowest BCUT2D eigenvalue weighted by Gasteiger charge is -2.41.